The Bertz CT molecular complexity index is 2190. The molecule has 58 heavy (non-hydrogen) atoms. The number of anilines is 2. The van der Waals surface area contributed by atoms with Crippen molar-refractivity contribution in [3.05, 3.63) is 129 Å². The first kappa shape index (κ1) is 43.2. The third-order valence-electron chi connectivity index (χ3n) is 10.8. The number of benzene rings is 4. The summed E-state index contributed by atoms with van der Waals surface area (Å²) in [6.07, 6.45) is 4.03. The third kappa shape index (κ3) is 11.6. The number of rotatable bonds is 16. The highest BCUT2D eigenvalue weighted by Gasteiger charge is 2.31. The van der Waals surface area contributed by atoms with E-state index in [0.717, 1.165) is 80.6 Å². The lowest BCUT2D eigenvalue weighted by molar-refractivity contribution is -0.387. The second kappa shape index (κ2) is 19.1. The fourth-order valence-electron chi connectivity index (χ4n) is 7.59. The van der Waals surface area contributed by atoms with Crippen LogP contribution in [-0.2, 0) is 10.0 Å². The monoisotopic (exact) mass is 844 g/mol. The van der Waals surface area contributed by atoms with Crippen LogP contribution in [0.2, 0.25) is 5.02 Å². The highest BCUT2D eigenvalue weighted by atomic mass is 35.5. The highest BCUT2D eigenvalue weighted by Crippen LogP contribution is 2.43. The van der Waals surface area contributed by atoms with E-state index in [1.165, 1.54) is 34.9 Å². The van der Waals surface area contributed by atoms with E-state index < -0.39 is 31.4 Å². The summed E-state index contributed by atoms with van der Waals surface area (Å²) >= 11 is 7.86. The molecule has 0 unspecified atom stereocenters. The van der Waals surface area contributed by atoms with Gasteiger partial charge in [-0.3, -0.25) is 19.8 Å². The van der Waals surface area contributed by atoms with E-state index in [1.54, 1.807) is 23.9 Å². The molecule has 0 aromatic heterocycles. The first-order valence-electron chi connectivity index (χ1n) is 19.6. The standard InChI is InChI=1S/C44H53ClN6O5S2/c1-44(2)22-20-40(32-10-14-35(45)15-11-32)34(29-44)30-49-24-26-50(27-25-49)38-17-12-33(13-18-38)43(52)47-58(55,56)42-19-16-36(28-41(42)51(53)54)46-37(21-23-48(3)4)31-57-39-8-6-5-7-9-39/h5-19,28,37,46H,20-27,29-31H2,1-4H3,(H,47,52)/t37-/m1/s1. The van der Waals surface area contributed by atoms with Gasteiger partial charge in [-0.05, 0) is 124 Å². The smallest absolute Gasteiger partial charge is 0.291 e. The SMILES string of the molecule is CN(C)CC[C@H](CSc1ccccc1)Nc1ccc(S(=O)(=O)NC(=O)c2ccc(N3CCN(CC4=C(c5ccc(Cl)cc5)CCC(C)(C)C4)CC3)cc2)c([N+](=O)[O-])c1. The molecule has 1 heterocycles. The Labute approximate surface area is 352 Å². The number of nitro benzene ring substituents is 1. The molecule has 1 aliphatic heterocycles. The maximum atomic E-state index is 13.5. The first-order valence-corrected chi connectivity index (χ1v) is 22.5. The predicted molar refractivity (Wildman–Crippen MR) is 237 cm³/mol. The van der Waals surface area contributed by atoms with Gasteiger partial charge in [-0.25, -0.2) is 13.1 Å². The quantitative estimate of drug-likeness (QED) is 0.0643. The summed E-state index contributed by atoms with van der Waals surface area (Å²) < 4.78 is 29.0. The number of sulfonamides is 1. The number of nitrogens with one attached hydrogen (secondary N) is 2. The van der Waals surface area contributed by atoms with Crippen LogP contribution in [0.5, 0.6) is 0 Å². The minimum atomic E-state index is -4.58. The molecule has 2 aliphatic rings. The number of hydrogen-bond donors (Lipinski definition) is 2. The minimum Gasteiger partial charge on any atom is -0.381 e. The van der Waals surface area contributed by atoms with Gasteiger partial charge in [0, 0.05) is 77.4 Å². The Morgan fingerprint density at radius 2 is 1.66 bits per heavy atom. The number of halogens is 1. The molecule has 1 atom stereocenters. The van der Waals surface area contributed by atoms with Crippen molar-refractivity contribution in [2.75, 3.05) is 69.3 Å². The Kier molecular flexibility index (Phi) is 14.2. The fraction of sp³-hybridized carbons (Fsp3) is 0.386. The molecular weight excluding hydrogens is 792 g/mol. The molecule has 0 saturated carbocycles. The van der Waals surface area contributed by atoms with Gasteiger partial charge in [0.25, 0.3) is 21.6 Å². The number of piperazine rings is 1. The van der Waals surface area contributed by atoms with E-state index in [-0.39, 0.29) is 17.0 Å². The zero-order valence-electron chi connectivity index (χ0n) is 33.6. The van der Waals surface area contributed by atoms with Crippen LogP contribution < -0.4 is 14.9 Å². The van der Waals surface area contributed by atoms with Crippen molar-refractivity contribution in [2.45, 2.75) is 55.4 Å². The summed E-state index contributed by atoms with van der Waals surface area (Å²) in [6.45, 7) is 9.79. The fourth-order valence-corrected chi connectivity index (χ4v) is 9.84. The summed E-state index contributed by atoms with van der Waals surface area (Å²) in [5.74, 6) is -0.171. The maximum Gasteiger partial charge on any atom is 0.291 e. The number of thioether (sulfide) groups is 1. The van der Waals surface area contributed by atoms with E-state index >= 15 is 0 Å². The van der Waals surface area contributed by atoms with Gasteiger partial charge in [-0.1, -0.05) is 61.4 Å². The average Bonchev–Trinajstić information content (AvgIpc) is 3.19. The van der Waals surface area contributed by atoms with Crippen LogP contribution in [0.1, 0.15) is 55.5 Å². The highest BCUT2D eigenvalue weighted by molar-refractivity contribution is 7.99. The molecule has 4 aromatic carbocycles. The van der Waals surface area contributed by atoms with Crippen molar-refractivity contribution >= 4 is 61.9 Å². The molecule has 0 bridgehead atoms. The average molecular weight is 846 g/mol. The second-order valence-electron chi connectivity index (χ2n) is 16.2. The van der Waals surface area contributed by atoms with Crippen LogP contribution >= 0.6 is 23.4 Å². The molecule has 6 rings (SSSR count). The predicted octanol–water partition coefficient (Wildman–Crippen LogP) is 8.68. The number of allylic oxidation sites excluding steroid dienone is 1. The van der Waals surface area contributed by atoms with Crippen molar-refractivity contribution in [2.24, 2.45) is 5.41 Å². The van der Waals surface area contributed by atoms with Crippen LogP contribution in [0.3, 0.4) is 0 Å². The minimum absolute atomic E-state index is 0.0537. The molecule has 2 N–H and O–H groups in total. The number of amides is 1. The van der Waals surface area contributed by atoms with Crippen molar-refractivity contribution < 1.29 is 18.1 Å². The van der Waals surface area contributed by atoms with Crippen molar-refractivity contribution in [1.29, 1.82) is 0 Å². The van der Waals surface area contributed by atoms with Crippen molar-refractivity contribution in [3.8, 4) is 0 Å². The summed E-state index contributed by atoms with van der Waals surface area (Å²) in [5.41, 5.74) is 5.31. The number of hydrogen-bond acceptors (Lipinski definition) is 10. The maximum absolute atomic E-state index is 13.5. The molecule has 308 valence electrons. The van der Waals surface area contributed by atoms with Crippen LogP contribution in [0, 0.1) is 15.5 Å². The van der Waals surface area contributed by atoms with E-state index in [2.05, 4.69) is 50.7 Å². The van der Waals surface area contributed by atoms with Gasteiger partial charge in [-0.15, -0.1) is 11.8 Å². The molecule has 11 nitrogen and oxygen atoms in total. The lowest BCUT2D eigenvalue weighted by Crippen LogP contribution is -2.47. The van der Waals surface area contributed by atoms with Crippen molar-refractivity contribution in [3.63, 3.8) is 0 Å². The van der Waals surface area contributed by atoms with Gasteiger partial charge in [0.15, 0.2) is 4.90 Å². The number of nitrogens with zero attached hydrogens (tertiary/aromatic N) is 4. The second-order valence-corrected chi connectivity index (χ2v) is 19.4. The zero-order valence-corrected chi connectivity index (χ0v) is 36.0. The number of carbonyl (C=O) groups is 1. The molecule has 0 spiro atoms. The topological polar surface area (TPSA) is 128 Å². The van der Waals surface area contributed by atoms with Gasteiger partial charge in [0.05, 0.1) is 4.92 Å². The number of nitro groups is 1. The molecule has 0 radical (unpaired) electrons. The molecule has 1 aliphatic carbocycles. The third-order valence-corrected chi connectivity index (χ3v) is 13.6. The number of carbonyl (C=O) groups excluding carboxylic acids is 1. The lowest BCUT2D eigenvalue weighted by Gasteiger charge is -2.39. The Hall–Kier alpha value is -4.40. The summed E-state index contributed by atoms with van der Waals surface area (Å²) in [4.78, 5) is 32.0. The van der Waals surface area contributed by atoms with Crippen LogP contribution in [0.4, 0.5) is 17.1 Å². The van der Waals surface area contributed by atoms with Gasteiger partial charge in [0.2, 0.25) is 0 Å². The van der Waals surface area contributed by atoms with Crippen molar-refractivity contribution in [1.82, 2.24) is 14.5 Å². The Morgan fingerprint density at radius 3 is 2.31 bits per heavy atom. The molecule has 14 heteroatoms. The lowest BCUT2D eigenvalue weighted by atomic mass is 9.73. The molecule has 4 aromatic rings. The molecule has 1 fully saturated rings. The van der Waals surface area contributed by atoms with Gasteiger partial charge >= 0.3 is 0 Å². The molecular formula is C44H53ClN6O5S2. The van der Waals surface area contributed by atoms with Crippen LogP contribution in [-0.4, -0.2) is 94.2 Å². The molecule has 1 amide bonds. The largest absolute Gasteiger partial charge is 0.381 e. The molecule has 1 saturated heterocycles. The summed E-state index contributed by atoms with van der Waals surface area (Å²) in [6, 6.07) is 28.8. The summed E-state index contributed by atoms with van der Waals surface area (Å²) in [7, 11) is -0.625. The van der Waals surface area contributed by atoms with E-state index in [9.17, 15) is 23.3 Å². The van der Waals surface area contributed by atoms with E-state index in [1.807, 2.05) is 68.7 Å². The van der Waals surface area contributed by atoms with E-state index in [0.29, 0.717) is 11.4 Å². The van der Waals surface area contributed by atoms with Crippen LogP contribution in [0.15, 0.2) is 112 Å². The normalized spacial score (nSPS) is 16.6. The van der Waals surface area contributed by atoms with E-state index in [4.69, 9.17) is 11.6 Å². The Morgan fingerprint density at radius 1 is 0.966 bits per heavy atom. The first-order chi connectivity index (χ1) is 27.7. The van der Waals surface area contributed by atoms with Gasteiger partial charge < -0.3 is 15.1 Å². The zero-order chi connectivity index (χ0) is 41.5. The summed E-state index contributed by atoms with van der Waals surface area (Å²) in [5, 5.41) is 16.3. The van der Waals surface area contributed by atoms with Gasteiger partial charge in [0.1, 0.15) is 0 Å². The van der Waals surface area contributed by atoms with Gasteiger partial charge in [-0.2, -0.15) is 0 Å². The Balaban J connectivity index is 1.07. The van der Waals surface area contributed by atoms with Crippen LogP contribution in [0.25, 0.3) is 5.57 Å².